The Morgan fingerprint density at radius 2 is 1.86 bits per heavy atom. The number of nitrogens with zero attached hydrogens (tertiary/aromatic N) is 5. The molecule has 2 fully saturated rings. The number of carbonyl (C=O) groups is 1. The average molecular weight is 502 g/mol. The van der Waals surface area contributed by atoms with Gasteiger partial charge in [-0.25, -0.2) is 9.83 Å². The summed E-state index contributed by atoms with van der Waals surface area (Å²) in [4.78, 5) is 23.5. The van der Waals surface area contributed by atoms with Crippen LogP contribution < -0.4 is 5.01 Å². The lowest BCUT2D eigenvalue weighted by Gasteiger charge is -2.34. The fourth-order valence-corrected chi connectivity index (χ4v) is 6.86. The van der Waals surface area contributed by atoms with E-state index in [2.05, 4.69) is 22.8 Å². The number of aryl methyl sites for hydroxylation is 1. The lowest BCUT2D eigenvalue weighted by molar-refractivity contribution is 0.0691. The molecule has 2 aromatic rings. The summed E-state index contributed by atoms with van der Waals surface area (Å²) >= 11 is 6.43. The van der Waals surface area contributed by atoms with Crippen molar-refractivity contribution < 1.29 is 4.79 Å². The molecule has 2 unspecified atom stereocenters. The van der Waals surface area contributed by atoms with Crippen LogP contribution in [0.3, 0.4) is 0 Å². The Balaban J connectivity index is 1.33. The maximum atomic E-state index is 13.2. The van der Waals surface area contributed by atoms with Gasteiger partial charge in [0.25, 0.3) is 5.91 Å². The largest absolute Gasteiger partial charge is 0.337 e. The second-order valence-electron chi connectivity index (χ2n) is 10.9. The lowest BCUT2D eigenvalue weighted by atomic mass is 9.76. The second kappa shape index (κ2) is 9.52. The Morgan fingerprint density at radius 1 is 1.08 bits per heavy atom. The summed E-state index contributed by atoms with van der Waals surface area (Å²) in [5.41, 5.74) is 5.16. The molecule has 2 aliphatic heterocycles. The summed E-state index contributed by atoms with van der Waals surface area (Å²) in [6.07, 6.45) is 8.97. The first-order valence-electron chi connectivity index (χ1n) is 13.4. The first-order valence-corrected chi connectivity index (χ1v) is 13.8. The molecule has 3 heterocycles. The number of aromatic nitrogens is 1. The van der Waals surface area contributed by atoms with Gasteiger partial charge in [-0.15, -0.1) is 0 Å². The van der Waals surface area contributed by atoms with Crippen molar-refractivity contribution in [1.82, 2.24) is 9.88 Å². The molecule has 186 valence electrons. The normalized spacial score (nSPS) is 24.3. The molecule has 6 rings (SSSR count). The highest BCUT2D eigenvalue weighted by molar-refractivity contribution is 6.33. The fraction of sp³-hybridized carbons (Fsp3) is 0.517. The number of anilines is 1. The van der Waals surface area contributed by atoms with E-state index < -0.39 is 0 Å². The van der Waals surface area contributed by atoms with E-state index in [4.69, 9.17) is 28.3 Å². The van der Waals surface area contributed by atoms with E-state index in [0.717, 1.165) is 61.4 Å². The molecule has 1 saturated heterocycles. The highest BCUT2D eigenvalue weighted by Gasteiger charge is 2.46. The van der Waals surface area contributed by atoms with Gasteiger partial charge in [-0.05, 0) is 74.6 Å². The third kappa shape index (κ3) is 4.08. The van der Waals surface area contributed by atoms with E-state index in [1.165, 1.54) is 25.7 Å². The van der Waals surface area contributed by atoms with Crippen molar-refractivity contribution in [2.75, 3.05) is 18.1 Å². The van der Waals surface area contributed by atoms with Gasteiger partial charge in [0.05, 0.1) is 29.7 Å². The van der Waals surface area contributed by atoms with Gasteiger partial charge in [-0.1, -0.05) is 37.4 Å². The van der Waals surface area contributed by atoms with Crippen molar-refractivity contribution in [3.8, 4) is 0 Å². The number of hydrazone groups is 1. The van der Waals surface area contributed by atoms with Crippen molar-refractivity contribution in [2.24, 2.45) is 22.9 Å². The summed E-state index contributed by atoms with van der Waals surface area (Å²) in [5.74, 6) is 1.67. The molecule has 1 aromatic carbocycles. The average Bonchev–Trinajstić information content (AvgIpc) is 3.56. The maximum absolute atomic E-state index is 13.2. The molecule has 4 aliphatic rings. The SMILES string of the molecule is [C-]#[N+]c1ccc(N2N=C3c4ccc(C(=O)N5CCC(C)CC5)nc4CCC3C2C2CCCC2)cc1Cl. The van der Waals surface area contributed by atoms with Crippen molar-refractivity contribution in [3.63, 3.8) is 0 Å². The van der Waals surface area contributed by atoms with E-state index in [-0.39, 0.29) is 5.91 Å². The molecule has 0 radical (unpaired) electrons. The standard InChI is InChI=1S/C29H32ClN5O/c1-18-13-15-34(16-14-18)29(36)26-12-8-21-24(32-26)11-9-22-27(21)33-35(28(22)19-5-3-4-6-19)20-7-10-25(31-2)23(30)17-20/h7-8,10,12,17-19,22,28H,3-6,9,11,13-16H2,1H3. The van der Waals surface area contributed by atoms with Crippen LogP contribution in [-0.4, -0.2) is 40.6 Å². The molecule has 1 saturated carbocycles. The predicted molar refractivity (Wildman–Crippen MR) is 143 cm³/mol. The molecule has 7 heteroatoms. The van der Waals surface area contributed by atoms with Crippen LogP contribution in [-0.2, 0) is 6.42 Å². The Labute approximate surface area is 218 Å². The van der Waals surface area contributed by atoms with Crippen LogP contribution in [0.15, 0.2) is 35.4 Å². The number of likely N-dealkylation sites (tertiary alicyclic amines) is 1. The van der Waals surface area contributed by atoms with Gasteiger partial charge in [0.2, 0.25) is 5.69 Å². The number of amides is 1. The quantitative estimate of drug-likeness (QED) is 0.451. The minimum absolute atomic E-state index is 0.0557. The third-order valence-corrected chi connectivity index (χ3v) is 9.00. The molecule has 1 aromatic heterocycles. The molecular formula is C29H32ClN5O. The van der Waals surface area contributed by atoms with Crippen LogP contribution in [0.4, 0.5) is 11.4 Å². The van der Waals surface area contributed by atoms with Crippen molar-refractivity contribution in [1.29, 1.82) is 0 Å². The minimum Gasteiger partial charge on any atom is -0.337 e. The van der Waals surface area contributed by atoms with Gasteiger partial charge >= 0.3 is 0 Å². The van der Waals surface area contributed by atoms with Crippen LogP contribution in [0, 0.1) is 24.3 Å². The Hall–Kier alpha value is -2.91. The topological polar surface area (TPSA) is 53.2 Å². The number of rotatable bonds is 3. The van der Waals surface area contributed by atoms with E-state index in [0.29, 0.717) is 40.2 Å². The van der Waals surface area contributed by atoms with Crippen LogP contribution in [0.25, 0.3) is 4.85 Å². The van der Waals surface area contributed by atoms with Crippen LogP contribution in [0.2, 0.25) is 5.02 Å². The number of benzene rings is 1. The molecule has 0 N–H and O–H groups in total. The number of carbonyl (C=O) groups excluding carboxylic acids is 1. The zero-order chi connectivity index (χ0) is 24.8. The Kier molecular flexibility index (Phi) is 6.21. The zero-order valence-corrected chi connectivity index (χ0v) is 21.5. The van der Waals surface area contributed by atoms with Gasteiger partial charge in [0, 0.05) is 29.6 Å². The molecule has 36 heavy (non-hydrogen) atoms. The highest BCUT2D eigenvalue weighted by atomic mass is 35.5. The zero-order valence-electron chi connectivity index (χ0n) is 20.8. The second-order valence-corrected chi connectivity index (χ2v) is 11.3. The highest BCUT2D eigenvalue weighted by Crippen LogP contribution is 2.45. The van der Waals surface area contributed by atoms with Gasteiger partial charge in [0.15, 0.2) is 0 Å². The molecule has 2 aliphatic carbocycles. The van der Waals surface area contributed by atoms with E-state index >= 15 is 0 Å². The van der Waals surface area contributed by atoms with Crippen LogP contribution in [0.5, 0.6) is 0 Å². The van der Waals surface area contributed by atoms with Gasteiger partial charge < -0.3 is 4.90 Å². The van der Waals surface area contributed by atoms with Gasteiger partial charge in [-0.3, -0.25) is 9.80 Å². The molecular weight excluding hydrogens is 470 g/mol. The summed E-state index contributed by atoms with van der Waals surface area (Å²) in [5, 5.41) is 7.85. The molecule has 2 atom stereocenters. The summed E-state index contributed by atoms with van der Waals surface area (Å²) < 4.78 is 0. The maximum Gasteiger partial charge on any atom is 0.272 e. The van der Waals surface area contributed by atoms with Crippen molar-refractivity contribution in [3.05, 3.63) is 63.7 Å². The fourth-order valence-electron chi connectivity index (χ4n) is 6.65. The van der Waals surface area contributed by atoms with Gasteiger partial charge in [-0.2, -0.15) is 5.10 Å². The molecule has 1 amide bonds. The summed E-state index contributed by atoms with van der Waals surface area (Å²) in [6, 6.07) is 9.94. The van der Waals surface area contributed by atoms with Crippen LogP contribution in [0.1, 0.15) is 73.6 Å². The molecule has 0 spiro atoms. The van der Waals surface area contributed by atoms with Crippen molar-refractivity contribution in [2.45, 2.75) is 64.3 Å². The number of piperidine rings is 1. The lowest BCUT2D eigenvalue weighted by Crippen LogP contribution is -2.41. The first-order chi connectivity index (χ1) is 17.5. The first kappa shape index (κ1) is 23.5. The van der Waals surface area contributed by atoms with Crippen LogP contribution >= 0.6 is 11.6 Å². The minimum atomic E-state index is 0.0557. The van der Waals surface area contributed by atoms with E-state index in [1.807, 2.05) is 23.1 Å². The van der Waals surface area contributed by atoms with Crippen molar-refractivity contribution >= 4 is 34.6 Å². The van der Waals surface area contributed by atoms with E-state index in [9.17, 15) is 4.79 Å². The molecule has 6 nitrogen and oxygen atoms in total. The summed E-state index contributed by atoms with van der Waals surface area (Å²) in [6.45, 7) is 11.2. The van der Waals surface area contributed by atoms with E-state index in [1.54, 1.807) is 6.07 Å². The predicted octanol–water partition coefficient (Wildman–Crippen LogP) is 6.50. The third-order valence-electron chi connectivity index (χ3n) is 8.69. The molecule has 0 bridgehead atoms. The number of pyridine rings is 1. The number of hydrogen-bond donors (Lipinski definition) is 0. The summed E-state index contributed by atoms with van der Waals surface area (Å²) in [7, 11) is 0. The monoisotopic (exact) mass is 501 g/mol. The smallest absolute Gasteiger partial charge is 0.272 e. The Bertz CT molecular complexity index is 1250. The Morgan fingerprint density at radius 3 is 2.58 bits per heavy atom. The number of halogens is 1. The number of hydrogen-bond acceptors (Lipinski definition) is 4. The van der Waals surface area contributed by atoms with Gasteiger partial charge in [0.1, 0.15) is 5.69 Å². The number of fused-ring (bicyclic) bond motifs is 3.